The van der Waals surface area contributed by atoms with E-state index in [9.17, 15) is 4.39 Å². The van der Waals surface area contributed by atoms with Gasteiger partial charge in [0.2, 0.25) is 0 Å². The van der Waals surface area contributed by atoms with Crippen LogP contribution in [0.4, 0.5) is 10.1 Å². The molecule has 0 unspecified atom stereocenters. The standard InChI is InChI=1S/C7H8ClFN2/c1-10-11-5-2-3-7(9)6(8)4-5/h2-4,10-11H,1H3. The zero-order valence-electron chi connectivity index (χ0n) is 5.99. The molecule has 11 heavy (non-hydrogen) atoms. The van der Waals surface area contributed by atoms with Crippen molar-refractivity contribution in [2.45, 2.75) is 0 Å². The van der Waals surface area contributed by atoms with Gasteiger partial charge in [-0.15, -0.1) is 0 Å². The second kappa shape index (κ2) is 3.55. The molecule has 1 aromatic carbocycles. The number of anilines is 1. The second-order valence-corrected chi connectivity index (χ2v) is 2.41. The topological polar surface area (TPSA) is 24.1 Å². The molecule has 0 bridgehead atoms. The minimum Gasteiger partial charge on any atom is -0.322 e. The third-order valence-corrected chi connectivity index (χ3v) is 1.48. The van der Waals surface area contributed by atoms with Crippen LogP contribution in [0.1, 0.15) is 0 Å². The fourth-order valence-electron chi connectivity index (χ4n) is 0.718. The Morgan fingerprint density at radius 1 is 1.45 bits per heavy atom. The van der Waals surface area contributed by atoms with Gasteiger partial charge in [-0.3, -0.25) is 0 Å². The summed E-state index contributed by atoms with van der Waals surface area (Å²) < 4.78 is 12.6. The molecule has 0 atom stereocenters. The molecule has 0 aromatic heterocycles. The number of benzene rings is 1. The van der Waals surface area contributed by atoms with Crippen LogP contribution >= 0.6 is 11.6 Å². The summed E-state index contributed by atoms with van der Waals surface area (Å²) in [4.78, 5) is 0. The highest BCUT2D eigenvalue weighted by Gasteiger charge is 1.98. The van der Waals surface area contributed by atoms with Crippen LogP contribution in [0.5, 0.6) is 0 Å². The van der Waals surface area contributed by atoms with Crippen molar-refractivity contribution in [2.75, 3.05) is 12.5 Å². The number of nitrogens with one attached hydrogen (secondary N) is 2. The third kappa shape index (κ3) is 2.06. The number of rotatable bonds is 2. The van der Waals surface area contributed by atoms with Crippen LogP contribution in [0, 0.1) is 5.82 Å². The number of hydrogen-bond acceptors (Lipinski definition) is 2. The first kappa shape index (κ1) is 8.30. The van der Waals surface area contributed by atoms with Gasteiger partial charge < -0.3 is 5.43 Å². The second-order valence-electron chi connectivity index (χ2n) is 2.00. The van der Waals surface area contributed by atoms with Crippen molar-refractivity contribution >= 4 is 17.3 Å². The van der Waals surface area contributed by atoms with Gasteiger partial charge in [-0.25, -0.2) is 9.82 Å². The Bertz CT molecular complexity index is 252. The molecule has 1 aromatic rings. The molecule has 0 saturated heterocycles. The van der Waals surface area contributed by atoms with Gasteiger partial charge in [0.15, 0.2) is 0 Å². The molecular formula is C7H8ClFN2. The Kier molecular flexibility index (Phi) is 2.68. The Morgan fingerprint density at radius 2 is 2.18 bits per heavy atom. The van der Waals surface area contributed by atoms with Gasteiger partial charge in [0.05, 0.1) is 10.7 Å². The van der Waals surface area contributed by atoms with Gasteiger partial charge in [0, 0.05) is 7.05 Å². The van der Waals surface area contributed by atoms with Crippen molar-refractivity contribution in [2.24, 2.45) is 0 Å². The quantitative estimate of drug-likeness (QED) is 0.671. The lowest BCUT2D eigenvalue weighted by atomic mass is 10.3. The minimum absolute atomic E-state index is 0.116. The van der Waals surface area contributed by atoms with E-state index in [4.69, 9.17) is 11.6 Å². The maximum Gasteiger partial charge on any atom is 0.141 e. The van der Waals surface area contributed by atoms with E-state index in [0.29, 0.717) is 0 Å². The molecule has 2 N–H and O–H groups in total. The maximum atomic E-state index is 12.6. The van der Waals surface area contributed by atoms with Crippen LogP contribution in [0.25, 0.3) is 0 Å². The summed E-state index contributed by atoms with van der Waals surface area (Å²) in [6.07, 6.45) is 0. The van der Waals surface area contributed by atoms with Gasteiger partial charge in [-0.2, -0.15) is 0 Å². The third-order valence-electron chi connectivity index (χ3n) is 1.19. The number of hydrazine groups is 1. The van der Waals surface area contributed by atoms with Crippen LogP contribution in [-0.4, -0.2) is 7.05 Å². The van der Waals surface area contributed by atoms with Crippen molar-refractivity contribution in [3.8, 4) is 0 Å². The minimum atomic E-state index is -0.409. The van der Waals surface area contributed by atoms with Crippen LogP contribution in [-0.2, 0) is 0 Å². The summed E-state index contributed by atoms with van der Waals surface area (Å²) in [6, 6.07) is 4.41. The zero-order valence-corrected chi connectivity index (χ0v) is 6.74. The summed E-state index contributed by atoms with van der Waals surface area (Å²) in [5.74, 6) is -0.409. The first-order valence-electron chi connectivity index (χ1n) is 3.12. The highest BCUT2D eigenvalue weighted by molar-refractivity contribution is 6.31. The van der Waals surface area contributed by atoms with Crippen LogP contribution in [0.3, 0.4) is 0 Å². The first-order chi connectivity index (χ1) is 5.24. The van der Waals surface area contributed by atoms with Crippen LogP contribution in [0.15, 0.2) is 18.2 Å². The monoisotopic (exact) mass is 174 g/mol. The Balaban J connectivity index is 2.86. The fourth-order valence-corrected chi connectivity index (χ4v) is 0.899. The van der Waals surface area contributed by atoms with Crippen LogP contribution < -0.4 is 10.9 Å². The molecule has 0 fully saturated rings. The molecule has 2 nitrogen and oxygen atoms in total. The highest BCUT2D eigenvalue weighted by Crippen LogP contribution is 2.18. The molecule has 0 aliphatic heterocycles. The van der Waals surface area contributed by atoms with Gasteiger partial charge in [-0.1, -0.05) is 11.6 Å². The molecule has 0 radical (unpaired) electrons. The predicted molar refractivity (Wildman–Crippen MR) is 44.1 cm³/mol. The molecule has 0 aliphatic rings. The van der Waals surface area contributed by atoms with E-state index in [0.717, 1.165) is 5.69 Å². The lowest BCUT2D eigenvalue weighted by molar-refractivity contribution is 0.628. The van der Waals surface area contributed by atoms with Crippen molar-refractivity contribution in [3.63, 3.8) is 0 Å². The number of halogens is 2. The molecule has 0 saturated carbocycles. The predicted octanol–water partition coefficient (Wildman–Crippen LogP) is 2.03. The van der Waals surface area contributed by atoms with E-state index in [1.165, 1.54) is 12.1 Å². The maximum absolute atomic E-state index is 12.6. The highest BCUT2D eigenvalue weighted by atomic mass is 35.5. The molecule has 0 heterocycles. The molecule has 0 amide bonds. The summed E-state index contributed by atoms with van der Waals surface area (Å²) >= 11 is 5.51. The smallest absolute Gasteiger partial charge is 0.141 e. The average Bonchev–Trinajstić information content (AvgIpc) is 1.98. The van der Waals surface area contributed by atoms with E-state index in [-0.39, 0.29) is 5.02 Å². The van der Waals surface area contributed by atoms with Crippen molar-refractivity contribution in [3.05, 3.63) is 29.0 Å². The molecule has 0 aliphatic carbocycles. The summed E-state index contributed by atoms with van der Waals surface area (Å²) in [5.41, 5.74) is 6.21. The van der Waals surface area contributed by atoms with E-state index in [1.54, 1.807) is 13.1 Å². The lowest BCUT2D eigenvalue weighted by Gasteiger charge is -2.03. The van der Waals surface area contributed by atoms with Gasteiger partial charge in [-0.05, 0) is 18.2 Å². The Labute approximate surface area is 69.3 Å². The molecule has 1 rings (SSSR count). The summed E-state index contributed by atoms with van der Waals surface area (Å²) in [6.45, 7) is 0. The molecule has 4 heteroatoms. The Morgan fingerprint density at radius 3 is 2.73 bits per heavy atom. The van der Waals surface area contributed by atoms with E-state index in [1.807, 2.05) is 0 Å². The normalized spacial score (nSPS) is 9.73. The lowest BCUT2D eigenvalue weighted by Crippen LogP contribution is -2.14. The van der Waals surface area contributed by atoms with Crippen LogP contribution in [0.2, 0.25) is 5.02 Å². The fraction of sp³-hybridized carbons (Fsp3) is 0.143. The van der Waals surface area contributed by atoms with Crippen molar-refractivity contribution < 1.29 is 4.39 Å². The van der Waals surface area contributed by atoms with E-state index < -0.39 is 5.82 Å². The van der Waals surface area contributed by atoms with E-state index >= 15 is 0 Å². The first-order valence-corrected chi connectivity index (χ1v) is 3.49. The van der Waals surface area contributed by atoms with Crippen molar-refractivity contribution in [1.82, 2.24) is 5.43 Å². The van der Waals surface area contributed by atoms with Crippen molar-refractivity contribution in [1.29, 1.82) is 0 Å². The van der Waals surface area contributed by atoms with Gasteiger partial charge in [0.25, 0.3) is 0 Å². The SMILES string of the molecule is CNNc1ccc(F)c(Cl)c1. The van der Waals surface area contributed by atoms with Gasteiger partial charge in [0.1, 0.15) is 5.82 Å². The number of hydrogen-bond donors (Lipinski definition) is 2. The summed E-state index contributed by atoms with van der Waals surface area (Å²) in [5, 5.41) is 0.116. The zero-order chi connectivity index (χ0) is 8.27. The van der Waals surface area contributed by atoms with Gasteiger partial charge >= 0.3 is 0 Å². The Hall–Kier alpha value is -0.800. The average molecular weight is 175 g/mol. The molecular weight excluding hydrogens is 167 g/mol. The van der Waals surface area contributed by atoms with E-state index in [2.05, 4.69) is 10.9 Å². The molecule has 60 valence electrons. The molecule has 0 spiro atoms. The summed E-state index contributed by atoms with van der Waals surface area (Å²) in [7, 11) is 1.72. The largest absolute Gasteiger partial charge is 0.322 e.